The molecule has 0 fully saturated rings. The van der Waals surface area contributed by atoms with Crippen LogP contribution in [0.5, 0.6) is 11.5 Å². The molecule has 0 heterocycles. The van der Waals surface area contributed by atoms with Gasteiger partial charge in [0.15, 0.2) is 11.5 Å². The summed E-state index contributed by atoms with van der Waals surface area (Å²) in [4.78, 5) is 12.8. The fourth-order valence-electron chi connectivity index (χ4n) is 1.01. The van der Waals surface area contributed by atoms with E-state index in [1.54, 1.807) is 20.2 Å². The first-order valence-corrected chi connectivity index (χ1v) is 4.21. The number of benzene rings is 1. The van der Waals surface area contributed by atoms with Gasteiger partial charge in [-0.05, 0) is 17.7 Å². The van der Waals surface area contributed by atoms with Crippen molar-refractivity contribution in [1.29, 1.82) is 0 Å². The van der Waals surface area contributed by atoms with Gasteiger partial charge >= 0.3 is 0 Å². The largest absolute Gasteiger partial charge is 0.504 e. The van der Waals surface area contributed by atoms with Gasteiger partial charge in [-0.15, -0.1) is 12.4 Å². The summed E-state index contributed by atoms with van der Waals surface area (Å²) in [5.74, 6) is -0.421. The fraction of sp³-hybridized carbons (Fsp3) is 0.300. The van der Waals surface area contributed by atoms with Crippen LogP contribution in [0, 0.1) is 0 Å². The normalized spacial score (nSPS) is 9.20. The number of carbonyl (C=O) groups excluding carboxylic acids is 1. The number of phenolic OH excluding ortho intramolecular Hbond substituents is 2. The zero-order chi connectivity index (χ0) is 10.7. The first-order chi connectivity index (χ1) is 6.50. The Bertz CT molecular complexity index is 353. The zero-order valence-corrected chi connectivity index (χ0v) is 9.41. The third kappa shape index (κ3) is 3.67. The van der Waals surface area contributed by atoms with Gasteiger partial charge in [0.05, 0.1) is 6.42 Å². The van der Waals surface area contributed by atoms with Gasteiger partial charge in [-0.3, -0.25) is 4.79 Å². The van der Waals surface area contributed by atoms with Crippen molar-refractivity contribution in [3.8, 4) is 11.5 Å². The molecule has 1 aromatic rings. The first kappa shape index (κ1) is 13.6. The van der Waals surface area contributed by atoms with Crippen molar-refractivity contribution >= 4 is 18.3 Å². The molecule has 0 aromatic heterocycles. The van der Waals surface area contributed by atoms with Gasteiger partial charge < -0.3 is 15.1 Å². The predicted molar refractivity (Wildman–Crippen MR) is 59.4 cm³/mol. The highest BCUT2D eigenvalue weighted by Gasteiger charge is 2.07. The molecular weight excluding hydrogens is 218 g/mol. The molecule has 1 rings (SSSR count). The van der Waals surface area contributed by atoms with Gasteiger partial charge in [0.2, 0.25) is 5.91 Å². The van der Waals surface area contributed by atoms with Crippen molar-refractivity contribution in [3.05, 3.63) is 23.8 Å². The molecule has 0 saturated heterocycles. The number of phenols is 2. The van der Waals surface area contributed by atoms with Crippen LogP contribution < -0.4 is 0 Å². The predicted octanol–water partition coefficient (Wildman–Crippen LogP) is 1.15. The Morgan fingerprint density at radius 2 is 1.87 bits per heavy atom. The van der Waals surface area contributed by atoms with Crippen molar-refractivity contribution in [3.63, 3.8) is 0 Å². The summed E-state index contributed by atoms with van der Waals surface area (Å²) in [6.07, 6.45) is 0.223. The lowest BCUT2D eigenvalue weighted by molar-refractivity contribution is -0.127. The molecule has 0 atom stereocenters. The van der Waals surface area contributed by atoms with E-state index in [1.807, 2.05) is 0 Å². The lowest BCUT2D eigenvalue weighted by Crippen LogP contribution is -2.23. The topological polar surface area (TPSA) is 60.8 Å². The number of hydrogen-bond donors (Lipinski definition) is 2. The minimum Gasteiger partial charge on any atom is -0.504 e. The first-order valence-electron chi connectivity index (χ1n) is 4.21. The monoisotopic (exact) mass is 231 g/mol. The molecule has 0 aliphatic heterocycles. The molecule has 0 spiro atoms. The van der Waals surface area contributed by atoms with E-state index in [0.29, 0.717) is 5.56 Å². The number of hydrogen-bond acceptors (Lipinski definition) is 3. The zero-order valence-electron chi connectivity index (χ0n) is 8.60. The molecule has 0 bridgehead atoms. The molecule has 15 heavy (non-hydrogen) atoms. The molecule has 0 saturated carbocycles. The van der Waals surface area contributed by atoms with Crippen molar-refractivity contribution < 1.29 is 15.0 Å². The maximum absolute atomic E-state index is 11.3. The summed E-state index contributed by atoms with van der Waals surface area (Å²) in [5.41, 5.74) is 0.680. The number of likely N-dealkylation sites (N-methyl/N-ethyl adjacent to an activating group) is 1. The van der Waals surface area contributed by atoms with Gasteiger partial charge in [-0.25, -0.2) is 0 Å². The van der Waals surface area contributed by atoms with Gasteiger partial charge in [0.1, 0.15) is 0 Å². The third-order valence-electron chi connectivity index (χ3n) is 1.89. The average Bonchev–Trinajstić information content (AvgIpc) is 2.11. The minimum atomic E-state index is -0.200. The van der Waals surface area contributed by atoms with E-state index in [4.69, 9.17) is 5.11 Å². The maximum atomic E-state index is 11.3. The molecule has 84 valence electrons. The van der Waals surface area contributed by atoms with Crippen LogP contribution in [0.3, 0.4) is 0 Å². The Hall–Kier alpha value is -1.42. The Morgan fingerprint density at radius 3 is 2.33 bits per heavy atom. The van der Waals surface area contributed by atoms with E-state index in [-0.39, 0.29) is 36.2 Å². The quantitative estimate of drug-likeness (QED) is 0.751. The van der Waals surface area contributed by atoms with E-state index in [1.165, 1.54) is 17.0 Å². The third-order valence-corrected chi connectivity index (χ3v) is 1.89. The molecule has 5 heteroatoms. The van der Waals surface area contributed by atoms with Gasteiger partial charge in [0.25, 0.3) is 0 Å². The smallest absolute Gasteiger partial charge is 0.226 e. The van der Waals surface area contributed by atoms with E-state index in [0.717, 1.165) is 0 Å². The van der Waals surface area contributed by atoms with Crippen LogP contribution in [0.4, 0.5) is 0 Å². The van der Waals surface area contributed by atoms with E-state index < -0.39 is 0 Å². The average molecular weight is 232 g/mol. The van der Waals surface area contributed by atoms with E-state index in [9.17, 15) is 9.90 Å². The number of halogens is 1. The maximum Gasteiger partial charge on any atom is 0.226 e. The Kier molecular flexibility index (Phi) is 4.94. The minimum absolute atomic E-state index is 0. The van der Waals surface area contributed by atoms with Crippen LogP contribution in [0.25, 0.3) is 0 Å². The lowest BCUT2D eigenvalue weighted by Gasteiger charge is -2.10. The molecule has 0 unspecified atom stereocenters. The molecule has 0 aliphatic carbocycles. The van der Waals surface area contributed by atoms with Crippen LogP contribution in [0.15, 0.2) is 18.2 Å². The number of aromatic hydroxyl groups is 2. The van der Waals surface area contributed by atoms with Crippen molar-refractivity contribution in [2.75, 3.05) is 14.1 Å². The van der Waals surface area contributed by atoms with Crippen LogP contribution in [0.2, 0.25) is 0 Å². The molecule has 0 aliphatic rings. The standard InChI is InChI=1S/C10H13NO3.ClH/c1-11(2)10(14)6-7-3-4-8(12)9(13)5-7;/h3-5,12-13H,6H2,1-2H3;1H. The number of amides is 1. The van der Waals surface area contributed by atoms with Crippen molar-refractivity contribution in [1.82, 2.24) is 4.90 Å². The molecule has 1 amide bonds. The second-order valence-electron chi connectivity index (χ2n) is 3.29. The summed E-state index contributed by atoms with van der Waals surface area (Å²) >= 11 is 0. The van der Waals surface area contributed by atoms with Crippen LogP contribution >= 0.6 is 12.4 Å². The Morgan fingerprint density at radius 1 is 1.27 bits per heavy atom. The summed E-state index contributed by atoms with van der Waals surface area (Å²) in [7, 11) is 3.34. The second kappa shape index (κ2) is 5.46. The van der Waals surface area contributed by atoms with Crippen molar-refractivity contribution in [2.24, 2.45) is 0 Å². The van der Waals surface area contributed by atoms with E-state index >= 15 is 0 Å². The molecule has 2 N–H and O–H groups in total. The number of rotatable bonds is 2. The molecule has 1 aromatic carbocycles. The summed E-state index contributed by atoms with van der Waals surface area (Å²) in [6.45, 7) is 0. The van der Waals surface area contributed by atoms with Crippen LogP contribution in [0.1, 0.15) is 5.56 Å². The Labute approximate surface area is 94.6 Å². The Balaban J connectivity index is 0.00000196. The lowest BCUT2D eigenvalue weighted by atomic mass is 10.1. The van der Waals surface area contributed by atoms with Crippen molar-refractivity contribution in [2.45, 2.75) is 6.42 Å². The highest BCUT2D eigenvalue weighted by molar-refractivity contribution is 5.85. The molecule has 4 nitrogen and oxygen atoms in total. The van der Waals surface area contributed by atoms with Crippen LogP contribution in [-0.2, 0) is 11.2 Å². The number of nitrogens with zero attached hydrogens (tertiary/aromatic N) is 1. The highest BCUT2D eigenvalue weighted by atomic mass is 35.5. The molecular formula is C10H14ClNO3. The summed E-state index contributed by atoms with van der Waals surface area (Å²) in [6, 6.07) is 4.36. The van der Waals surface area contributed by atoms with Crippen LogP contribution in [-0.4, -0.2) is 35.1 Å². The molecule has 0 radical (unpaired) electrons. The van der Waals surface area contributed by atoms with Gasteiger partial charge in [-0.1, -0.05) is 6.07 Å². The fourth-order valence-corrected chi connectivity index (χ4v) is 1.01. The summed E-state index contributed by atoms with van der Waals surface area (Å²) < 4.78 is 0. The van der Waals surface area contributed by atoms with Gasteiger partial charge in [-0.2, -0.15) is 0 Å². The second-order valence-corrected chi connectivity index (χ2v) is 3.29. The SMILES string of the molecule is CN(C)C(=O)Cc1ccc(O)c(O)c1.Cl. The summed E-state index contributed by atoms with van der Waals surface area (Å²) in [5, 5.41) is 18.2. The number of carbonyl (C=O) groups is 1. The van der Waals surface area contributed by atoms with E-state index in [2.05, 4.69) is 0 Å². The van der Waals surface area contributed by atoms with Gasteiger partial charge in [0, 0.05) is 14.1 Å². The highest BCUT2D eigenvalue weighted by Crippen LogP contribution is 2.25.